The minimum absolute atomic E-state index is 0.669. The van der Waals surface area contributed by atoms with E-state index in [9.17, 15) is 0 Å². The third kappa shape index (κ3) is 2.42. The molecule has 0 saturated carbocycles. The van der Waals surface area contributed by atoms with Crippen LogP contribution in [-0.4, -0.2) is 15.0 Å². The Kier molecular flexibility index (Phi) is 3.33. The lowest BCUT2D eigenvalue weighted by atomic mass is 10.2. The molecule has 0 aromatic carbocycles. The summed E-state index contributed by atoms with van der Waals surface area (Å²) in [5, 5.41) is 0. The molecule has 0 aliphatic carbocycles. The van der Waals surface area contributed by atoms with E-state index in [1.165, 1.54) is 0 Å². The maximum Gasteiger partial charge on any atom is 0.157 e. The van der Waals surface area contributed by atoms with E-state index in [4.69, 9.17) is 12.2 Å². The van der Waals surface area contributed by atoms with Crippen molar-refractivity contribution in [3.05, 3.63) is 39.8 Å². The first-order valence-corrected chi connectivity index (χ1v) is 6.05. The topological polar surface area (TPSA) is 41.6 Å². The third-order valence-corrected chi connectivity index (χ3v) is 3.08. The maximum atomic E-state index is 5.30. The Bertz CT molecular complexity index is 602. The molecule has 17 heavy (non-hydrogen) atoms. The van der Waals surface area contributed by atoms with Gasteiger partial charge in [0.2, 0.25) is 0 Å². The Morgan fingerprint density at radius 3 is 2.71 bits per heavy atom. The smallest absolute Gasteiger partial charge is 0.157 e. The van der Waals surface area contributed by atoms with E-state index in [-0.39, 0.29) is 0 Å². The summed E-state index contributed by atoms with van der Waals surface area (Å²) in [5.74, 6) is 0.744. The van der Waals surface area contributed by atoms with Gasteiger partial charge >= 0.3 is 0 Å². The molecule has 3 nitrogen and oxygen atoms in total. The second-order valence-electron chi connectivity index (χ2n) is 4.07. The summed E-state index contributed by atoms with van der Waals surface area (Å²) in [6.45, 7) is 6.14. The highest BCUT2D eigenvalue weighted by atomic mass is 32.1. The first-order valence-electron chi connectivity index (χ1n) is 5.64. The predicted molar refractivity (Wildman–Crippen MR) is 71.5 cm³/mol. The van der Waals surface area contributed by atoms with Gasteiger partial charge in [-0.05, 0) is 38.0 Å². The molecule has 0 saturated heterocycles. The fourth-order valence-corrected chi connectivity index (χ4v) is 2.20. The number of pyridine rings is 1. The molecule has 0 aliphatic rings. The van der Waals surface area contributed by atoms with E-state index in [1.807, 2.05) is 26.0 Å². The third-order valence-electron chi connectivity index (χ3n) is 2.74. The second kappa shape index (κ2) is 4.75. The zero-order valence-corrected chi connectivity index (χ0v) is 11.1. The average Bonchev–Trinajstić information content (AvgIpc) is 2.28. The Hall–Kier alpha value is -1.55. The van der Waals surface area contributed by atoms with Crippen LogP contribution in [-0.2, 0) is 6.42 Å². The highest BCUT2D eigenvalue weighted by Crippen LogP contribution is 2.16. The van der Waals surface area contributed by atoms with Crippen molar-refractivity contribution in [2.24, 2.45) is 0 Å². The molecule has 0 bridgehead atoms. The maximum absolute atomic E-state index is 5.30. The molecule has 0 aliphatic heterocycles. The molecule has 0 radical (unpaired) electrons. The van der Waals surface area contributed by atoms with Crippen LogP contribution in [0.4, 0.5) is 0 Å². The highest BCUT2D eigenvalue weighted by molar-refractivity contribution is 7.71. The largest absolute Gasteiger partial charge is 0.342 e. The van der Waals surface area contributed by atoms with Crippen molar-refractivity contribution in [3.63, 3.8) is 0 Å². The van der Waals surface area contributed by atoms with E-state index in [0.29, 0.717) is 4.64 Å². The molecule has 2 heterocycles. The van der Waals surface area contributed by atoms with Gasteiger partial charge in [0.25, 0.3) is 0 Å². The summed E-state index contributed by atoms with van der Waals surface area (Å²) < 4.78 is 0.669. The molecule has 2 rings (SSSR count). The zero-order chi connectivity index (χ0) is 12.4. The van der Waals surface area contributed by atoms with Gasteiger partial charge in [0.15, 0.2) is 5.82 Å². The van der Waals surface area contributed by atoms with Gasteiger partial charge in [0, 0.05) is 17.5 Å². The number of nitrogens with zero attached hydrogens (tertiary/aromatic N) is 2. The van der Waals surface area contributed by atoms with Crippen LogP contribution >= 0.6 is 12.2 Å². The fourth-order valence-electron chi connectivity index (χ4n) is 1.81. The lowest BCUT2D eigenvalue weighted by molar-refractivity contribution is 0.982. The summed E-state index contributed by atoms with van der Waals surface area (Å²) in [5.41, 5.74) is 4.18. The van der Waals surface area contributed by atoms with Gasteiger partial charge in [-0.1, -0.05) is 19.1 Å². The van der Waals surface area contributed by atoms with Gasteiger partial charge in [-0.3, -0.25) is 4.98 Å². The van der Waals surface area contributed by atoms with Crippen molar-refractivity contribution in [2.45, 2.75) is 27.2 Å². The molecule has 88 valence electrons. The molecule has 0 unspecified atom stereocenters. The summed E-state index contributed by atoms with van der Waals surface area (Å²) in [6.07, 6.45) is 2.68. The standard InChI is InChI=1S/C13H15N3S/c1-4-10-9(3)15-12(16-13(10)17)11-7-8(2)5-6-14-11/h5-7H,4H2,1-3H3,(H,15,16,17). The molecule has 1 N–H and O–H groups in total. The van der Waals surface area contributed by atoms with Crippen LogP contribution < -0.4 is 0 Å². The Balaban J connectivity index is 2.58. The molecular weight excluding hydrogens is 230 g/mol. The Morgan fingerprint density at radius 1 is 1.35 bits per heavy atom. The van der Waals surface area contributed by atoms with Crippen LogP contribution in [0.3, 0.4) is 0 Å². The molecule has 0 atom stereocenters. The number of nitrogens with one attached hydrogen (secondary N) is 1. The summed E-state index contributed by atoms with van der Waals surface area (Å²) in [6, 6.07) is 3.96. The summed E-state index contributed by atoms with van der Waals surface area (Å²) in [4.78, 5) is 12.0. The van der Waals surface area contributed by atoms with E-state index in [0.717, 1.165) is 34.8 Å². The fraction of sp³-hybridized carbons (Fsp3) is 0.308. The van der Waals surface area contributed by atoms with Crippen LogP contribution in [0.2, 0.25) is 0 Å². The molecule has 2 aromatic heterocycles. The van der Waals surface area contributed by atoms with Crippen LogP contribution in [0, 0.1) is 18.5 Å². The number of aryl methyl sites for hydroxylation is 2. The number of aromatic amines is 1. The number of aromatic nitrogens is 3. The summed E-state index contributed by atoms with van der Waals surface area (Å²) in [7, 11) is 0. The van der Waals surface area contributed by atoms with Gasteiger partial charge in [0.05, 0.1) is 0 Å². The van der Waals surface area contributed by atoms with E-state index >= 15 is 0 Å². The van der Waals surface area contributed by atoms with Crippen LogP contribution in [0.1, 0.15) is 23.7 Å². The molecular formula is C13H15N3S. The van der Waals surface area contributed by atoms with Crippen molar-refractivity contribution in [1.82, 2.24) is 15.0 Å². The molecule has 4 heteroatoms. The van der Waals surface area contributed by atoms with Gasteiger partial charge in [0.1, 0.15) is 10.3 Å². The van der Waals surface area contributed by atoms with Crippen LogP contribution in [0.25, 0.3) is 11.5 Å². The number of hydrogen-bond donors (Lipinski definition) is 1. The van der Waals surface area contributed by atoms with Gasteiger partial charge in [-0.2, -0.15) is 0 Å². The Labute approximate surface area is 106 Å². The van der Waals surface area contributed by atoms with Crippen molar-refractivity contribution in [2.75, 3.05) is 0 Å². The second-order valence-corrected chi connectivity index (χ2v) is 4.45. The van der Waals surface area contributed by atoms with Crippen molar-refractivity contribution < 1.29 is 0 Å². The quantitative estimate of drug-likeness (QED) is 0.825. The van der Waals surface area contributed by atoms with E-state index in [1.54, 1.807) is 6.20 Å². The number of rotatable bonds is 2. The minimum atomic E-state index is 0.669. The van der Waals surface area contributed by atoms with Crippen molar-refractivity contribution >= 4 is 12.2 Å². The van der Waals surface area contributed by atoms with E-state index in [2.05, 4.69) is 21.9 Å². The van der Waals surface area contributed by atoms with Crippen LogP contribution in [0.15, 0.2) is 18.3 Å². The average molecular weight is 245 g/mol. The lowest BCUT2D eigenvalue weighted by Crippen LogP contribution is -2.00. The zero-order valence-electron chi connectivity index (χ0n) is 10.2. The van der Waals surface area contributed by atoms with Crippen molar-refractivity contribution in [1.29, 1.82) is 0 Å². The monoisotopic (exact) mass is 245 g/mol. The molecule has 0 spiro atoms. The normalized spacial score (nSPS) is 10.5. The highest BCUT2D eigenvalue weighted by Gasteiger charge is 2.06. The lowest BCUT2D eigenvalue weighted by Gasteiger charge is -2.07. The van der Waals surface area contributed by atoms with Gasteiger partial charge < -0.3 is 4.98 Å². The van der Waals surface area contributed by atoms with Crippen LogP contribution in [0.5, 0.6) is 0 Å². The first kappa shape index (κ1) is 11.9. The molecule has 2 aromatic rings. The summed E-state index contributed by atoms with van der Waals surface area (Å²) >= 11 is 5.30. The molecule has 0 fully saturated rings. The first-order chi connectivity index (χ1) is 8.11. The van der Waals surface area contributed by atoms with Gasteiger partial charge in [-0.15, -0.1) is 0 Å². The van der Waals surface area contributed by atoms with E-state index < -0.39 is 0 Å². The predicted octanol–water partition coefficient (Wildman–Crippen LogP) is 3.38. The van der Waals surface area contributed by atoms with Gasteiger partial charge in [-0.25, -0.2) is 4.98 Å². The number of hydrogen-bond acceptors (Lipinski definition) is 3. The SMILES string of the molecule is CCc1c(C)[nH]c(-c2cc(C)ccn2)nc1=S. The van der Waals surface area contributed by atoms with Crippen molar-refractivity contribution in [3.8, 4) is 11.5 Å². The minimum Gasteiger partial charge on any atom is -0.342 e. The number of H-pyrrole nitrogens is 1. The molecule has 0 amide bonds. The Morgan fingerprint density at radius 2 is 2.12 bits per heavy atom.